The highest BCUT2D eigenvalue weighted by atomic mass is 35.5. The van der Waals surface area contributed by atoms with E-state index < -0.39 is 27.5 Å². The maximum atomic E-state index is 13.7. The van der Waals surface area contributed by atoms with Crippen LogP contribution in [-0.2, 0) is 14.8 Å². The molecule has 1 heterocycles. The van der Waals surface area contributed by atoms with Gasteiger partial charge in [0.05, 0.1) is 17.9 Å². The molecule has 2 unspecified atom stereocenters. The molecule has 1 aromatic carbocycles. The van der Waals surface area contributed by atoms with Gasteiger partial charge in [-0.3, -0.25) is 0 Å². The largest absolute Gasteiger partial charge is 0.384 e. The molecule has 1 aliphatic rings. The predicted molar refractivity (Wildman–Crippen MR) is 80.8 cm³/mol. The van der Waals surface area contributed by atoms with E-state index in [2.05, 4.69) is 10.0 Å². The van der Waals surface area contributed by atoms with Crippen molar-refractivity contribution in [2.45, 2.75) is 11.7 Å². The van der Waals surface area contributed by atoms with Crippen LogP contribution in [0.2, 0.25) is 5.02 Å². The Morgan fingerprint density at radius 1 is 1.59 bits per heavy atom. The van der Waals surface area contributed by atoms with Crippen LogP contribution >= 0.6 is 11.6 Å². The molecule has 0 aliphatic carbocycles. The van der Waals surface area contributed by atoms with Gasteiger partial charge in [-0.15, -0.1) is 0 Å². The quantitative estimate of drug-likeness (QED) is 0.731. The molecule has 2 atom stereocenters. The van der Waals surface area contributed by atoms with Gasteiger partial charge < -0.3 is 15.2 Å². The number of aliphatic hydroxyl groups is 1. The monoisotopic (exact) mass is 352 g/mol. The number of benzene rings is 1. The summed E-state index contributed by atoms with van der Waals surface area (Å²) in [5.41, 5.74) is -1.16. The Morgan fingerprint density at radius 2 is 2.32 bits per heavy atom. The zero-order valence-electron chi connectivity index (χ0n) is 12.0. The van der Waals surface area contributed by atoms with Crippen molar-refractivity contribution in [3.05, 3.63) is 34.6 Å². The number of halogens is 2. The zero-order chi connectivity index (χ0) is 16.4. The maximum Gasteiger partial charge on any atom is 0.208 e. The molecule has 3 N–H and O–H groups in total. The average Bonchev–Trinajstić information content (AvgIpc) is 2.62. The Morgan fingerprint density at radius 3 is 2.95 bits per heavy atom. The summed E-state index contributed by atoms with van der Waals surface area (Å²) in [6.07, 6.45) is 0.113. The van der Waals surface area contributed by atoms with Gasteiger partial charge >= 0.3 is 0 Å². The lowest BCUT2D eigenvalue weighted by Gasteiger charge is -2.34. The summed E-state index contributed by atoms with van der Waals surface area (Å²) in [7, 11) is -3.48. The van der Waals surface area contributed by atoms with Gasteiger partial charge in [0, 0.05) is 19.6 Å². The molecule has 1 aliphatic heterocycles. The first-order valence-electron chi connectivity index (χ1n) is 6.65. The normalized spacial score (nSPS) is 26.6. The summed E-state index contributed by atoms with van der Waals surface area (Å²) in [4.78, 5) is 0. The predicted octanol–water partition coefficient (Wildman–Crippen LogP) is 0.420. The van der Waals surface area contributed by atoms with Gasteiger partial charge in [-0.25, -0.2) is 17.5 Å². The number of sulfonamides is 1. The summed E-state index contributed by atoms with van der Waals surface area (Å²) >= 11 is 5.66. The van der Waals surface area contributed by atoms with Crippen molar-refractivity contribution in [2.24, 2.45) is 0 Å². The van der Waals surface area contributed by atoms with E-state index in [-0.39, 0.29) is 18.1 Å². The molecule has 0 spiro atoms. The highest BCUT2D eigenvalue weighted by molar-refractivity contribution is 7.88. The van der Waals surface area contributed by atoms with E-state index in [1.165, 1.54) is 12.1 Å². The number of β-amino-alcohol motifs (C(OH)–C–C–N with tert-alkyl or cyclic N) is 1. The lowest BCUT2D eigenvalue weighted by atomic mass is 9.91. The zero-order valence-corrected chi connectivity index (χ0v) is 13.5. The number of nitrogens with one attached hydrogen (secondary N) is 2. The van der Waals surface area contributed by atoms with E-state index in [1.54, 1.807) is 6.07 Å². The Kier molecular flexibility index (Phi) is 5.41. The van der Waals surface area contributed by atoms with Crippen molar-refractivity contribution in [3.8, 4) is 0 Å². The SMILES string of the molecule is CS(=O)(=O)NCC1(O)CNCCOC1c1ccc(Cl)c(F)c1. The molecule has 1 fully saturated rings. The molecule has 2 rings (SSSR count). The Bertz CT molecular complexity index is 643. The fraction of sp³-hybridized carbons (Fsp3) is 0.538. The number of rotatable bonds is 4. The molecule has 1 aromatic rings. The van der Waals surface area contributed by atoms with Crippen LogP contribution in [0, 0.1) is 5.82 Å². The minimum absolute atomic E-state index is 0.0340. The van der Waals surface area contributed by atoms with Gasteiger partial charge in [-0.2, -0.15) is 0 Å². The van der Waals surface area contributed by atoms with Crippen LogP contribution in [0.3, 0.4) is 0 Å². The van der Waals surface area contributed by atoms with Gasteiger partial charge in [0.25, 0.3) is 0 Å². The molecule has 1 saturated heterocycles. The van der Waals surface area contributed by atoms with Crippen LogP contribution in [0.1, 0.15) is 11.7 Å². The highest BCUT2D eigenvalue weighted by Crippen LogP contribution is 2.32. The standard InChI is InChI=1S/C13H18ClFN2O4S/c1-22(19,20)17-8-13(18)7-16-4-5-21-12(13)9-2-3-10(14)11(15)6-9/h2-3,6,12,16-18H,4-5,7-8H2,1H3. The van der Waals surface area contributed by atoms with Crippen molar-refractivity contribution in [2.75, 3.05) is 32.5 Å². The summed E-state index contributed by atoms with van der Waals surface area (Å²) in [6, 6.07) is 4.11. The lowest BCUT2D eigenvalue weighted by Crippen LogP contribution is -2.52. The van der Waals surface area contributed by atoms with Crippen LogP contribution in [0.4, 0.5) is 4.39 Å². The van der Waals surface area contributed by atoms with Crippen molar-refractivity contribution in [1.29, 1.82) is 0 Å². The summed E-state index contributed by atoms with van der Waals surface area (Å²) < 4.78 is 44.1. The molecule has 0 radical (unpaired) electrons. The number of hydrogen-bond acceptors (Lipinski definition) is 5. The van der Waals surface area contributed by atoms with E-state index in [0.717, 1.165) is 6.26 Å². The second kappa shape index (κ2) is 6.77. The molecule has 0 aromatic heterocycles. The molecular weight excluding hydrogens is 335 g/mol. The van der Waals surface area contributed by atoms with Gasteiger partial charge in [-0.1, -0.05) is 17.7 Å². The van der Waals surface area contributed by atoms with Crippen LogP contribution in [0.25, 0.3) is 0 Å². The summed E-state index contributed by atoms with van der Waals surface area (Å²) in [6.45, 7) is 0.641. The fourth-order valence-electron chi connectivity index (χ4n) is 2.29. The van der Waals surface area contributed by atoms with Crippen molar-refractivity contribution in [3.63, 3.8) is 0 Å². The highest BCUT2D eigenvalue weighted by Gasteiger charge is 2.40. The van der Waals surface area contributed by atoms with E-state index in [1.807, 2.05) is 0 Å². The van der Waals surface area contributed by atoms with Gasteiger partial charge in [0.15, 0.2) is 0 Å². The molecule has 0 bridgehead atoms. The van der Waals surface area contributed by atoms with E-state index in [4.69, 9.17) is 16.3 Å². The minimum atomic E-state index is -3.48. The summed E-state index contributed by atoms with van der Waals surface area (Å²) in [5.74, 6) is -0.626. The second-order valence-corrected chi connectivity index (χ2v) is 7.54. The number of hydrogen-bond donors (Lipinski definition) is 3. The molecule has 124 valence electrons. The Balaban J connectivity index is 2.32. The first kappa shape index (κ1) is 17.6. The van der Waals surface area contributed by atoms with E-state index >= 15 is 0 Å². The van der Waals surface area contributed by atoms with Crippen LogP contribution < -0.4 is 10.0 Å². The van der Waals surface area contributed by atoms with Crippen LogP contribution in [-0.4, -0.2) is 51.6 Å². The molecule has 0 amide bonds. The van der Waals surface area contributed by atoms with Gasteiger partial charge in [0.1, 0.15) is 17.5 Å². The maximum absolute atomic E-state index is 13.7. The third-order valence-electron chi connectivity index (χ3n) is 3.37. The fourth-order valence-corrected chi connectivity index (χ4v) is 2.92. The topological polar surface area (TPSA) is 87.7 Å². The van der Waals surface area contributed by atoms with Crippen molar-refractivity contribution >= 4 is 21.6 Å². The van der Waals surface area contributed by atoms with Crippen molar-refractivity contribution < 1.29 is 22.7 Å². The third-order valence-corrected chi connectivity index (χ3v) is 4.34. The third kappa shape index (κ3) is 4.37. The minimum Gasteiger partial charge on any atom is -0.384 e. The summed E-state index contributed by atoms with van der Waals surface area (Å²) in [5, 5.41) is 13.8. The first-order valence-corrected chi connectivity index (χ1v) is 8.92. The van der Waals surface area contributed by atoms with Gasteiger partial charge in [-0.05, 0) is 17.7 Å². The van der Waals surface area contributed by atoms with Gasteiger partial charge in [0.2, 0.25) is 10.0 Å². The molecule has 0 saturated carbocycles. The van der Waals surface area contributed by atoms with Crippen LogP contribution in [0.5, 0.6) is 0 Å². The molecule has 9 heteroatoms. The lowest BCUT2D eigenvalue weighted by molar-refractivity contribution is -0.0909. The number of ether oxygens (including phenoxy) is 1. The molecule has 22 heavy (non-hydrogen) atoms. The van der Waals surface area contributed by atoms with E-state index in [9.17, 15) is 17.9 Å². The molecular formula is C13H18ClFN2O4S. The average molecular weight is 353 g/mol. The van der Waals surface area contributed by atoms with Crippen molar-refractivity contribution in [1.82, 2.24) is 10.0 Å². The second-order valence-electron chi connectivity index (χ2n) is 5.30. The first-order chi connectivity index (χ1) is 10.2. The Labute approximate surface area is 133 Å². The Hall–Kier alpha value is -0.770. The van der Waals surface area contributed by atoms with Crippen LogP contribution in [0.15, 0.2) is 18.2 Å². The smallest absolute Gasteiger partial charge is 0.208 e. The molecule has 6 nitrogen and oxygen atoms in total. The van der Waals surface area contributed by atoms with E-state index in [0.29, 0.717) is 18.7 Å².